The lowest BCUT2D eigenvalue weighted by atomic mass is 10.1. The van der Waals surface area contributed by atoms with Gasteiger partial charge in [-0.1, -0.05) is 24.3 Å². The van der Waals surface area contributed by atoms with Crippen LogP contribution < -0.4 is 15.4 Å². The number of aromatic nitrogens is 1. The molecule has 1 saturated carbocycles. The average Bonchev–Trinajstić information content (AvgIpc) is 3.36. The number of carbonyl (C=O) groups excluding carboxylic acids is 1. The van der Waals surface area contributed by atoms with Gasteiger partial charge in [-0.25, -0.2) is 4.98 Å². The second kappa shape index (κ2) is 9.37. The number of rotatable bonds is 8. The van der Waals surface area contributed by atoms with Gasteiger partial charge in [0.05, 0.1) is 7.11 Å². The number of methoxy groups -OCH3 is 1. The van der Waals surface area contributed by atoms with Gasteiger partial charge in [0.25, 0.3) is 5.91 Å². The number of amides is 1. The van der Waals surface area contributed by atoms with Gasteiger partial charge >= 0.3 is 0 Å². The molecule has 0 radical (unpaired) electrons. The molecule has 6 heteroatoms. The molecule has 2 N–H and O–H groups in total. The molecule has 1 aliphatic carbocycles. The van der Waals surface area contributed by atoms with Crippen molar-refractivity contribution >= 4 is 17.4 Å². The molecular formula is C28H32N4O2. The fourth-order valence-corrected chi connectivity index (χ4v) is 5.15. The van der Waals surface area contributed by atoms with Gasteiger partial charge in [-0.05, 0) is 78.6 Å². The SMILES string of the molecule is CCNc1ccc(CNc2cc(C(=O)N3C[C@@H]4[C@H](C3)[C@H]4c3ccc(OC)cc3)ccc2C)cn1. The van der Waals surface area contributed by atoms with Crippen LogP contribution >= 0.6 is 0 Å². The summed E-state index contributed by atoms with van der Waals surface area (Å²) in [6.07, 6.45) is 1.88. The Morgan fingerprint density at radius 1 is 1.06 bits per heavy atom. The van der Waals surface area contributed by atoms with E-state index >= 15 is 0 Å². The van der Waals surface area contributed by atoms with Gasteiger partial charge in [-0.2, -0.15) is 0 Å². The Bertz CT molecular complexity index is 1150. The summed E-state index contributed by atoms with van der Waals surface area (Å²) in [7, 11) is 1.69. The van der Waals surface area contributed by atoms with E-state index in [0.29, 0.717) is 24.3 Å². The van der Waals surface area contributed by atoms with Crippen molar-refractivity contribution in [1.29, 1.82) is 0 Å². The molecule has 34 heavy (non-hydrogen) atoms. The van der Waals surface area contributed by atoms with Crippen LogP contribution in [0.25, 0.3) is 0 Å². The molecule has 3 atom stereocenters. The molecule has 1 aliphatic heterocycles. The van der Waals surface area contributed by atoms with Crippen LogP contribution in [-0.2, 0) is 6.54 Å². The van der Waals surface area contributed by atoms with Crippen LogP contribution in [0.1, 0.15) is 39.9 Å². The summed E-state index contributed by atoms with van der Waals surface area (Å²) >= 11 is 0. The molecule has 3 aromatic rings. The molecule has 1 aromatic heterocycles. The predicted octanol–water partition coefficient (Wildman–Crippen LogP) is 4.93. The second-order valence-corrected chi connectivity index (χ2v) is 9.30. The van der Waals surface area contributed by atoms with Gasteiger partial charge in [0.2, 0.25) is 0 Å². The lowest BCUT2D eigenvalue weighted by Gasteiger charge is -2.21. The van der Waals surface area contributed by atoms with Crippen LogP contribution in [0.2, 0.25) is 0 Å². The molecule has 2 aromatic carbocycles. The number of nitrogens with one attached hydrogen (secondary N) is 2. The van der Waals surface area contributed by atoms with Crippen LogP contribution in [0.4, 0.5) is 11.5 Å². The number of fused-ring (bicyclic) bond motifs is 1. The summed E-state index contributed by atoms with van der Waals surface area (Å²) < 4.78 is 5.27. The number of anilines is 2. The Labute approximate surface area is 201 Å². The van der Waals surface area contributed by atoms with E-state index in [1.165, 1.54) is 5.56 Å². The minimum Gasteiger partial charge on any atom is -0.497 e. The molecule has 1 amide bonds. The maximum Gasteiger partial charge on any atom is 0.253 e. The molecule has 176 valence electrons. The van der Waals surface area contributed by atoms with E-state index in [-0.39, 0.29) is 5.91 Å². The van der Waals surface area contributed by atoms with Gasteiger partial charge in [-0.15, -0.1) is 0 Å². The highest BCUT2D eigenvalue weighted by molar-refractivity contribution is 5.95. The third-order valence-electron chi connectivity index (χ3n) is 7.13. The van der Waals surface area contributed by atoms with E-state index in [2.05, 4.69) is 47.7 Å². The molecule has 2 fully saturated rings. The summed E-state index contributed by atoms with van der Waals surface area (Å²) in [4.78, 5) is 19.7. The minimum absolute atomic E-state index is 0.125. The van der Waals surface area contributed by atoms with E-state index in [0.717, 1.165) is 53.6 Å². The second-order valence-electron chi connectivity index (χ2n) is 9.30. The monoisotopic (exact) mass is 456 g/mol. The van der Waals surface area contributed by atoms with Crippen molar-refractivity contribution in [1.82, 2.24) is 9.88 Å². The summed E-state index contributed by atoms with van der Waals surface area (Å²) in [6, 6.07) is 18.4. The van der Waals surface area contributed by atoms with Crippen molar-refractivity contribution in [2.75, 3.05) is 37.4 Å². The number of carbonyl (C=O) groups is 1. The average molecular weight is 457 g/mol. The topological polar surface area (TPSA) is 66.5 Å². The standard InChI is InChI=1S/C28H32N4O2/c1-4-29-26-12-6-19(15-31-26)14-30-25-13-21(7-5-18(25)2)28(33)32-16-23-24(17-32)27(23)20-8-10-22(34-3)11-9-20/h5-13,15,23-24,27,30H,4,14,16-17H2,1-3H3,(H,29,31)/t23-,24+,27+. The van der Waals surface area contributed by atoms with Gasteiger partial charge < -0.3 is 20.3 Å². The number of ether oxygens (including phenoxy) is 1. The van der Waals surface area contributed by atoms with Crippen LogP contribution in [-0.4, -0.2) is 42.5 Å². The van der Waals surface area contributed by atoms with Gasteiger partial charge in [0.15, 0.2) is 0 Å². The smallest absolute Gasteiger partial charge is 0.253 e. The lowest BCUT2D eigenvalue weighted by Crippen LogP contribution is -2.31. The first kappa shape index (κ1) is 22.3. The van der Waals surface area contributed by atoms with Crippen molar-refractivity contribution in [3.63, 3.8) is 0 Å². The van der Waals surface area contributed by atoms with Gasteiger partial charge in [0.1, 0.15) is 11.6 Å². The largest absolute Gasteiger partial charge is 0.497 e. The van der Waals surface area contributed by atoms with E-state index in [1.54, 1.807) is 7.11 Å². The third kappa shape index (κ3) is 4.45. The quantitative estimate of drug-likeness (QED) is 0.503. The Balaban J connectivity index is 1.19. The summed E-state index contributed by atoms with van der Waals surface area (Å²) in [5.74, 6) is 3.60. The van der Waals surface area contributed by atoms with Crippen LogP contribution in [0.5, 0.6) is 5.75 Å². The van der Waals surface area contributed by atoms with Crippen molar-refractivity contribution in [2.24, 2.45) is 11.8 Å². The maximum atomic E-state index is 13.2. The molecule has 6 nitrogen and oxygen atoms in total. The molecule has 5 rings (SSSR count). The number of hydrogen-bond donors (Lipinski definition) is 2. The van der Waals surface area contributed by atoms with Gasteiger partial charge in [0, 0.05) is 43.6 Å². The van der Waals surface area contributed by atoms with E-state index in [4.69, 9.17) is 4.74 Å². The normalized spacial score (nSPS) is 20.6. The molecular weight excluding hydrogens is 424 g/mol. The highest BCUT2D eigenvalue weighted by Gasteiger charge is 2.57. The number of nitrogens with zero attached hydrogens (tertiary/aromatic N) is 2. The number of likely N-dealkylation sites (tertiary alicyclic amines) is 1. The Kier molecular flexibility index (Phi) is 6.14. The summed E-state index contributed by atoms with van der Waals surface area (Å²) in [5.41, 5.74) is 5.32. The minimum atomic E-state index is 0.125. The Morgan fingerprint density at radius 3 is 2.47 bits per heavy atom. The summed E-state index contributed by atoms with van der Waals surface area (Å²) in [6.45, 7) is 7.30. The Hall–Kier alpha value is -3.54. The third-order valence-corrected chi connectivity index (χ3v) is 7.13. The van der Waals surface area contributed by atoms with Crippen molar-refractivity contribution in [3.05, 3.63) is 83.0 Å². The first-order valence-electron chi connectivity index (χ1n) is 12.0. The van der Waals surface area contributed by atoms with Crippen molar-refractivity contribution in [2.45, 2.75) is 26.3 Å². The van der Waals surface area contributed by atoms with Crippen molar-refractivity contribution in [3.8, 4) is 5.75 Å². The highest BCUT2D eigenvalue weighted by atomic mass is 16.5. The molecule has 2 aliphatic rings. The number of piperidine rings is 1. The zero-order valence-corrected chi connectivity index (χ0v) is 20.0. The van der Waals surface area contributed by atoms with Gasteiger partial charge in [-0.3, -0.25) is 4.79 Å². The molecule has 0 unspecified atom stereocenters. The number of benzene rings is 2. The number of aryl methyl sites for hydroxylation is 1. The molecule has 2 heterocycles. The molecule has 0 bridgehead atoms. The fraction of sp³-hybridized carbons (Fsp3) is 0.357. The first-order chi connectivity index (χ1) is 16.6. The summed E-state index contributed by atoms with van der Waals surface area (Å²) in [5, 5.41) is 6.69. The highest BCUT2D eigenvalue weighted by Crippen LogP contribution is 2.58. The molecule has 1 saturated heterocycles. The van der Waals surface area contributed by atoms with Crippen LogP contribution in [0, 0.1) is 18.8 Å². The number of pyridine rings is 1. The zero-order chi connectivity index (χ0) is 23.7. The zero-order valence-electron chi connectivity index (χ0n) is 20.0. The maximum absolute atomic E-state index is 13.2. The van der Waals surface area contributed by atoms with Crippen LogP contribution in [0.15, 0.2) is 60.8 Å². The van der Waals surface area contributed by atoms with E-state index < -0.39 is 0 Å². The predicted molar refractivity (Wildman–Crippen MR) is 136 cm³/mol. The van der Waals surface area contributed by atoms with Crippen molar-refractivity contribution < 1.29 is 9.53 Å². The number of hydrogen-bond acceptors (Lipinski definition) is 5. The fourth-order valence-electron chi connectivity index (χ4n) is 5.15. The Morgan fingerprint density at radius 2 is 1.82 bits per heavy atom. The molecule has 0 spiro atoms. The van der Waals surface area contributed by atoms with E-state index in [9.17, 15) is 4.79 Å². The first-order valence-corrected chi connectivity index (χ1v) is 12.0. The van der Waals surface area contributed by atoms with Crippen LogP contribution in [0.3, 0.4) is 0 Å². The lowest BCUT2D eigenvalue weighted by molar-refractivity contribution is 0.0773. The van der Waals surface area contributed by atoms with E-state index in [1.807, 2.05) is 47.5 Å².